The van der Waals surface area contributed by atoms with Gasteiger partial charge in [-0.2, -0.15) is 0 Å². The van der Waals surface area contributed by atoms with Crippen molar-refractivity contribution < 1.29 is 9.21 Å². The average molecular weight is 667 g/mol. The molecule has 5 heterocycles. The van der Waals surface area contributed by atoms with E-state index >= 15 is 0 Å². The number of carbonyl (C=O) groups excluding carboxylic acids is 1. The molecule has 246 valence electrons. The van der Waals surface area contributed by atoms with E-state index in [1.807, 2.05) is 91.9 Å². The van der Waals surface area contributed by atoms with Gasteiger partial charge in [-0.25, -0.2) is 4.57 Å². The Bertz CT molecular complexity index is 2900. The molecule has 0 aliphatic carbocycles. The lowest BCUT2D eigenvalue weighted by atomic mass is 9.76. The second-order valence-corrected chi connectivity index (χ2v) is 13.3. The van der Waals surface area contributed by atoms with Crippen LogP contribution in [0, 0.1) is 13.8 Å². The number of nitrogens with zero attached hydrogens (tertiary/aromatic N) is 4. The van der Waals surface area contributed by atoms with Gasteiger partial charge in [-0.15, -0.1) is 0 Å². The Morgan fingerprint density at radius 2 is 1.27 bits per heavy atom. The summed E-state index contributed by atoms with van der Waals surface area (Å²) in [5, 5.41) is 12.1. The zero-order chi connectivity index (χ0) is 34.4. The summed E-state index contributed by atoms with van der Waals surface area (Å²) < 4.78 is 7.92. The highest BCUT2D eigenvalue weighted by Crippen LogP contribution is 2.53. The van der Waals surface area contributed by atoms with Crippen molar-refractivity contribution in [2.75, 3.05) is 4.90 Å². The molecule has 9 nitrogen and oxygen atoms in total. The Morgan fingerprint density at radius 3 is 2.02 bits per heavy atom. The monoisotopic (exact) mass is 666 g/mol. The van der Waals surface area contributed by atoms with Crippen LogP contribution in [-0.2, 0) is 4.79 Å². The molecule has 10 rings (SSSR count). The second-order valence-electron chi connectivity index (χ2n) is 13.3. The molecule has 0 spiro atoms. The maximum absolute atomic E-state index is 14.4. The van der Waals surface area contributed by atoms with Crippen LogP contribution in [0.5, 0.6) is 0 Å². The van der Waals surface area contributed by atoms with E-state index in [9.17, 15) is 9.59 Å². The van der Waals surface area contributed by atoms with Crippen molar-refractivity contribution in [3.05, 3.63) is 154 Å². The highest BCUT2D eigenvalue weighted by atomic mass is 16.4. The van der Waals surface area contributed by atoms with E-state index in [-0.39, 0.29) is 23.5 Å². The molecule has 0 saturated carbocycles. The van der Waals surface area contributed by atoms with Crippen LogP contribution in [0.25, 0.3) is 60.9 Å². The number of pyridine rings is 1. The Morgan fingerprint density at radius 1 is 0.647 bits per heavy atom. The van der Waals surface area contributed by atoms with Gasteiger partial charge in [0.05, 0.1) is 28.7 Å². The number of nitrogens with one attached hydrogen (secondary N) is 2. The van der Waals surface area contributed by atoms with E-state index in [4.69, 9.17) is 4.42 Å². The fraction of sp³-hybridized carbons (Fsp3) is 0.0952. The van der Waals surface area contributed by atoms with Crippen LogP contribution in [0.1, 0.15) is 34.2 Å². The minimum absolute atomic E-state index is 0.0130. The first-order valence-corrected chi connectivity index (χ1v) is 16.9. The molecule has 1 amide bonds. The lowest BCUT2D eigenvalue weighted by Gasteiger charge is -2.45. The average Bonchev–Trinajstić information content (AvgIpc) is 3.88. The molecule has 5 aromatic carbocycles. The van der Waals surface area contributed by atoms with E-state index in [0.717, 1.165) is 66.2 Å². The van der Waals surface area contributed by atoms with Crippen molar-refractivity contribution in [2.24, 2.45) is 0 Å². The molecule has 2 unspecified atom stereocenters. The van der Waals surface area contributed by atoms with Crippen LogP contribution in [0.2, 0.25) is 0 Å². The minimum Gasteiger partial charge on any atom is -0.388 e. The van der Waals surface area contributed by atoms with E-state index < -0.39 is 12.0 Å². The molecule has 9 heteroatoms. The molecule has 0 bridgehead atoms. The first-order chi connectivity index (χ1) is 25.0. The Kier molecular flexibility index (Phi) is 6.23. The maximum atomic E-state index is 14.4. The van der Waals surface area contributed by atoms with Crippen LogP contribution >= 0.6 is 0 Å². The van der Waals surface area contributed by atoms with Crippen LogP contribution in [0.3, 0.4) is 0 Å². The Labute approximate surface area is 290 Å². The zero-order valence-electron chi connectivity index (χ0n) is 27.7. The first kappa shape index (κ1) is 29.2. The van der Waals surface area contributed by atoms with E-state index in [2.05, 4.69) is 57.4 Å². The largest absolute Gasteiger partial charge is 0.388 e. The number of carbonyl (C=O) groups is 1. The number of benzene rings is 5. The predicted octanol–water partition coefficient (Wildman–Crippen LogP) is 8.65. The highest BCUT2D eigenvalue weighted by Gasteiger charge is 2.53. The van der Waals surface area contributed by atoms with Crippen molar-refractivity contribution >= 4 is 55.5 Å². The summed E-state index contributed by atoms with van der Waals surface area (Å²) in [6, 6.07) is 39.4. The number of β-lactam (4-membered cyclic amide) rings is 1. The summed E-state index contributed by atoms with van der Waals surface area (Å²) >= 11 is 0. The number of rotatable bonds is 5. The number of aryl methyl sites for hydroxylation is 2. The number of hydrogen-bond donors (Lipinski definition) is 2. The summed E-state index contributed by atoms with van der Waals surface area (Å²) in [6.07, 6.45) is 0. The molecule has 51 heavy (non-hydrogen) atoms. The van der Waals surface area contributed by atoms with Crippen LogP contribution in [0.4, 0.5) is 6.01 Å². The standard InChI is InChI=1S/C42H30N6O3/c1-23-17-19-31-29(21-23)34(35(43-31)26-13-7-4-8-14-26)38-33(25-11-5-3-6-12-25)40(50)48(38)42-46-45-41(51-42)47-37-30-22-24(2)18-20-32(30)44-36(37)27-15-9-10-16-28(27)39(47)49/h3-22,33,38,43-44H,1-2H3. The van der Waals surface area contributed by atoms with Gasteiger partial charge in [0.2, 0.25) is 5.91 Å². The number of hydrogen-bond acceptors (Lipinski definition) is 5. The summed E-state index contributed by atoms with van der Waals surface area (Å²) in [4.78, 5) is 37.5. The van der Waals surface area contributed by atoms with Gasteiger partial charge in [0.25, 0.3) is 5.56 Å². The van der Waals surface area contributed by atoms with Crippen molar-refractivity contribution in [3.63, 3.8) is 0 Å². The first-order valence-electron chi connectivity index (χ1n) is 16.9. The lowest BCUT2D eigenvalue weighted by Crippen LogP contribution is -2.54. The van der Waals surface area contributed by atoms with Crippen LogP contribution < -0.4 is 10.5 Å². The number of H-pyrrole nitrogens is 2. The van der Waals surface area contributed by atoms with Crippen molar-refractivity contribution in [1.29, 1.82) is 0 Å². The van der Waals surface area contributed by atoms with Crippen molar-refractivity contribution in [2.45, 2.75) is 25.8 Å². The molecule has 1 aliphatic rings. The number of aromatic nitrogens is 5. The van der Waals surface area contributed by atoms with Gasteiger partial charge in [0.15, 0.2) is 0 Å². The van der Waals surface area contributed by atoms with Gasteiger partial charge in [0.1, 0.15) is 0 Å². The molecular formula is C42H30N6O3. The molecule has 1 saturated heterocycles. The molecule has 1 aliphatic heterocycles. The van der Waals surface area contributed by atoms with Gasteiger partial charge in [0, 0.05) is 38.1 Å². The Balaban J connectivity index is 1.20. The van der Waals surface area contributed by atoms with Crippen molar-refractivity contribution in [3.8, 4) is 17.3 Å². The Hall–Kier alpha value is -6.74. The SMILES string of the molecule is Cc1ccc2[nH]c(-c3ccccc3)c(C3C(c4ccccc4)C(=O)N3c3nnc(-n4c(=O)c5ccccc5c5[nH]c6ccc(C)cc6c54)o3)c2c1. The molecule has 9 aromatic rings. The zero-order valence-corrected chi connectivity index (χ0v) is 27.7. The number of amides is 1. The number of anilines is 1. The van der Waals surface area contributed by atoms with Gasteiger partial charge in [-0.05, 0) is 55.3 Å². The van der Waals surface area contributed by atoms with E-state index in [1.165, 1.54) is 4.57 Å². The van der Waals surface area contributed by atoms with Gasteiger partial charge < -0.3 is 14.4 Å². The third kappa shape index (κ3) is 4.27. The molecule has 4 aromatic heterocycles. The minimum atomic E-state index is -0.504. The van der Waals surface area contributed by atoms with Crippen LogP contribution in [0.15, 0.2) is 131 Å². The van der Waals surface area contributed by atoms with Crippen LogP contribution in [-0.4, -0.2) is 30.6 Å². The normalized spacial score (nSPS) is 16.1. The maximum Gasteiger partial charge on any atom is 0.331 e. The lowest BCUT2D eigenvalue weighted by molar-refractivity contribution is -0.126. The molecule has 1 fully saturated rings. The topological polar surface area (TPSA) is 113 Å². The quantitative estimate of drug-likeness (QED) is 0.179. The third-order valence-corrected chi connectivity index (χ3v) is 10.2. The molecular weight excluding hydrogens is 637 g/mol. The van der Waals surface area contributed by atoms with Gasteiger partial charge in [-0.1, -0.05) is 112 Å². The van der Waals surface area contributed by atoms with Crippen molar-refractivity contribution in [1.82, 2.24) is 24.7 Å². The third-order valence-electron chi connectivity index (χ3n) is 10.2. The summed E-state index contributed by atoms with van der Waals surface area (Å²) in [7, 11) is 0. The van der Waals surface area contributed by atoms with E-state index in [1.54, 1.807) is 11.0 Å². The molecule has 2 atom stereocenters. The smallest absolute Gasteiger partial charge is 0.331 e. The van der Waals surface area contributed by atoms with Gasteiger partial charge in [-0.3, -0.25) is 14.5 Å². The second kappa shape index (κ2) is 10.9. The number of aromatic amines is 2. The highest BCUT2D eigenvalue weighted by molar-refractivity contribution is 6.15. The van der Waals surface area contributed by atoms with Gasteiger partial charge >= 0.3 is 12.0 Å². The fourth-order valence-electron chi connectivity index (χ4n) is 7.86. The molecule has 0 radical (unpaired) electrons. The fourth-order valence-corrected chi connectivity index (χ4v) is 7.86. The molecule has 2 N–H and O–H groups in total. The summed E-state index contributed by atoms with van der Waals surface area (Å²) in [5.74, 6) is -0.670. The number of fused-ring (bicyclic) bond motifs is 6. The summed E-state index contributed by atoms with van der Waals surface area (Å²) in [6.45, 7) is 4.08. The summed E-state index contributed by atoms with van der Waals surface area (Å²) in [5.41, 5.74) is 8.90. The van der Waals surface area contributed by atoms with E-state index in [0.29, 0.717) is 10.9 Å². The predicted molar refractivity (Wildman–Crippen MR) is 199 cm³/mol.